The lowest BCUT2D eigenvalue weighted by Crippen LogP contribution is -2.35. The lowest BCUT2D eigenvalue weighted by molar-refractivity contribution is -0.148. The van der Waals surface area contributed by atoms with Crippen LogP contribution in [-0.2, 0) is 14.4 Å². The molecular formula is C12H20O5. The quantitative estimate of drug-likeness (QED) is 0.712. The number of hydrogen-bond acceptors (Lipinski definition) is 3. The Kier molecular flexibility index (Phi) is 5.32. The van der Waals surface area contributed by atoms with E-state index in [9.17, 15) is 14.4 Å². The molecule has 5 heteroatoms. The van der Waals surface area contributed by atoms with Crippen molar-refractivity contribution >= 4 is 17.7 Å². The minimum absolute atomic E-state index is 0.0904. The number of carbonyl (C=O) groups excluding carboxylic acids is 1. The van der Waals surface area contributed by atoms with E-state index in [1.165, 1.54) is 6.92 Å². The van der Waals surface area contributed by atoms with Gasteiger partial charge in [-0.3, -0.25) is 14.4 Å². The molecule has 2 N–H and O–H groups in total. The highest BCUT2D eigenvalue weighted by molar-refractivity contribution is 5.90. The SMILES string of the molecule is CC(C(=O)O)C(C)C(=O)C(C)(C)CCC(=O)O. The molecule has 0 aliphatic heterocycles. The van der Waals surface area contributed by atoms with Crippen LogP contribution in [-0.4, -0.2) is 27.9 Å². The maximum Gasteiger partial charge on any atom is 0.306 e. The smallest absolute Gasteiger partial charge is 0.306 e. The summed E-state index contributed by atoms with van der Waals surface area (Å²) in [6, 6.07) is 0. The topological polar surface area (TPSA) is 91.7 Å². The first-order valence-corrected chi connectivity index (χ1v) is 5.58. The molecule has 0 radical (unpaired) electrons. The monoisotopic (exact) mass is 244 g/mol. The summed E-state index contributed by atoms with van der Waals surface area (Å²) in [4.78, 5) is 33.3. The standard InChI is InChI=1S/C12H20O5/c1-7(8(2)11(16)17)10(15)12(3,4)6-5-9(13)14/h7-8H,5-6H2,1-4H3,(H,13,14)(H,16,17). The van der Waals surface area contributed by atoms with Gasteiger partial charge in [0, 0.05) is 17.8 Å². The van der Waals surface area contributed by atoms with Crippen molar-refractivity contribution in [3.8, 4) is 0 Å². The van der Waals surface area contributed by atoms with Crippen LogP contribution in [0.1, 0.15) is 40.5 Å². The van der Waals surface area contributed by atoms with Crippen molar-refractivity contribution in [2.24, 2.45) is 17.3 Å². The Labute approximate surface area is 101 Å². The summed E-state index contributed by atoms with van der Waals surface area (Å²) >= 11 is 0. The molecule has 0 aromatic rings. The molecule has 98 valence electrons. The third kappa shape index (κ3) is 4.54. The third-order valence-electron chi connectivity index (χ3n) is 3.18. The van der Waals surface area contributed by atoms with Crippen LogP contribution in [0.3, 0.4) is 0 Å². The van der Waals surface area contributed by atoms with E-state index in [2.05, 4.69) is 0 Å². The summed E-state index contributed by atoms with van der Waals surface area (Å²) in [6.45, 7) is 6.37. The van der Waals surface area contributed by atoms with Crippen LogP contribution in [0, 0.1) is 17.3 Å². The fourth-order valence-corrected chi connectivity index (χ4v) is 1.60. The minimum Gasteiger partial charge on any atom is -0.481 e. The summed E-state index contributed by atoms with van der Waals surface area (Å²) in [6.07, 6.45) is 0.130. The van der Waals surface area contributed by atoms with Gasteiger partial charge in [0.2, 0.25) is 0 Å². The van der Waals surface area contributed by atoms with Gasteiger partial charge in [-0.05, 0) is 6.42 Å². The zero-order chi connectivity index (χ0) is 13.8. The molecule has 0 aromatic carbocycles. The van der Waals surface area contributed by atoms with Crippen molar-refractivity contribution in [3.05, 3.63) is 0 Å². The zero-order valence-electron chi connectivity index (χ0n) is 10.7. The van der Waals surface area contributed by atoms with E-state index in [-0.39, 0.29) is 18.6 Å². The van der Waals surface area contributed by atoms with Gasteiger partial charge in [0.15, 0.2) is 0 Å². The Morgan fingerprint density at radius 1 is 1.06 bits per heavy atom. The summed E-state index contributed by atoms with van der Waals surface area (Å²) < 4.78 is 0. The summed E-state index contributed by atoms with van der Waals surface area (Å²) in [7, 11) is 0. The van der Waals surface area contributed by atoms with Crippen LogP contribution >= 0.6 is 0 Å². The molecule has 2 unspecified atom stereocenters. The average Bonchev–Trinajstić information content (AvgIpc) is 2.23. The molecular weight excluding hydrogens is 224 g/mol. The normalized spacial score (nSPS) is 15.1. The van der Waals surface area contributed by atoms with Crippen molar-refractivity contribution < 1.29 is 24.6 Å². The molecule has 0 saturated carbocycles. The first-order valence-electron chi connectivity index (χ1n) is 5.58. The zero-order valence-corrected chi connectivity index (χ0v) is 10.7. The van der Waals surface area contributed by atoms with Crippen molar-refractivity contribution in [1.82, 2.24) is 0 Å². The summed E-state index contributed by atoms with van der Waals surface area (Å²) in [5.41, 5.74) is -0.804. The highest BCUT2D eigenvalue weighted by atomic mass is 16.4. The molecule has 0 bridgehead atoms. The van der Waals surface area contributed by atoms with E-state index >= 15 is 0 Å². The van der Waals surface area contributed by atoms with E-state index in [4.69, 9.17) is 10.2 Å². The van der Waals surface area contributed by atoms with Gasteiger partial charge in [-0.15, -0.1) is 0 Å². The van der Waals surface area contributed by atoms with Crippen LogP contribution in [0.5, 0.6) is 0 Å². The van der Waals surface area contributed by atoms with E-state index < -0.39 is 29.2 Å². The van der Waals surface area contributed by atoms with E-state index in [1.54, 1.807) is 20.8 Å². The van der Waals surface area contributed by atoms with Crippen molar-refractivity contribution in [2.45, 2.75) is 40.5 Å². The van der Waals surface area contributed by atoms with Gasteiger partial charge in [0.25, 0.3) is 0 Å². The largest absolute Gasteiger partial charge is 0.481 e. The fourth-order valence-electron chi connectivity index (χ4n) is 1.60. The highest BCUT2D eigenvalue weighted by Gasteiger charge is 2.36. The molecule has 0 spiro atoms. The highest BCUT2D eigenvalue weighted by Crippen LogP contribution is 2.30. The lowest BCUT2D eigenvalue weighted by Gasteiger charge is -2.27. The van der Waals surface area contributed by atoms with Gasteiger partial charge in [0.05, 0.1) is 5.92 Å². The predicted octanol–water partition coefficient (Wildman–Crippen LogP) is 1.80. The maximum atomic E-state index is 12.1. The van der Waals surface area contributed by atoms with Crippen LogP contribution in [0.25, 0.3) is 0 Å². The van der Waals surface area contributed by atoms with Gasteiger partial charge >= 0.3 is 11.9 Å². The summed E-state index contributed by atoms with van der Waals surface area (Å²) in [5.74, 6) is -3.54. The van der Waals surface area contributed by atoms with E-state index in [1.807, 2.05) is 0 Å². The molecule has 2 atom stereocenters. The molecule has 17 heavy (non-hydrogen) atoms. The van der Waals surface area contributed by atoms with Gasteiger partial charge < -0.3 is 10.2 Å². The van der Waals surface area contributed by atoms with Gasteiger partial charge in [-0.25, -0.2) is 0 Å². The summed E-state index contributed by atoms with van der Waals surface area (Å²) in [5, 5.41) is 17.4. The molecule has 0 rings (SSSR count). The number of carbonyl (C=O) groups is 3. The third-order valence-corrected chi connectivity index (χ3v) is 3.18. The van der Waals surface area contributed by atoms with E-state index in [0.717, 1.165) is 0 Å². The van der Waals surface area contributed by atoms with Crippen LogP contribution in [0.4, 0.5) is 0 Å². The number of Topliss-reactive ketones (excluding diaryl/α,β-unsaturated/α-hetero) is 1. The van der Waals surface area contributed by atoms with Gasteiger partial charge in [-0.2, -0.15) is 0 Å². The van der Waals surface area contributed by atoms with Crippen molar-refractivity contribution in [1.29, 1.82) is 0 Å². The molecule has 0 fully saturated rings. The molecule has 0 aliphatic rings. The van der Waals surface area contributed by atoms with Crippen LogP contribution in [0.15, 0.2) is 0 Å². The second-order valence-corrected chi connectivity index (χ2v) is 5.06. The second-order valence-electron chi connectivity index (χ2n) is 5.06. The Bertz CT molecular complexity index is 319. The van der Waals surface area contributed by atoms with E-state index in [0.29, 0.717) is 0 Å². The predicted molar refractivity (Wildman–Crippen MR) is 61.6 cm³/mol. The number of rotatable bonds is 7. The Morgan fingerprint density at radius 3 is 1.88 bits per heavy atom. The van der Waals surface area contributed by atoms with Gasteiger partial charge in [0.1, 0.15) is 5.78 Å². The molecule has 0 amide bonds. The van der Waals surface area contributed by atoms with Crippen LogP contribution < -0.4 is 0 Å². The van der Waals surface area contributed by atoms with Gasteiger partial charge in [-0.1, -0.05) is 27.7 Å². The Morgan fingerprint density at radius 2 is 1.53 bits per heavy atom. The molecule has 0 saturated heterocycles. The first-order chi connectivity index (χ1) is 7.59. The maximum absolute atomic E-state index is 12.1. The van der Waals surface area contributed by atoms with Crippen molar-refractivity contribution in [2.75, 3.05) is 0 Å². The lowest BCUT2D eigenvalue weighted by atomic mass is 9.75. The molecule has 0 aromatic heterocycles. The Hall–Kier alpha value is -1.39. The minimum atomic E-state index is -1.01. The molecule has 5 nitrogen and oxygen atoms in total. The molecule has 0 heterocycles. The molecule has 0 aliphatic carbocycles. The number of aliphatic carboxylic acids is 2. The second kappa shape index (κ2) is 5.80. The van der Waals surface area contributed by atoms with Crippen molar-refractivity contribution in [3.63, 3.8) is 0 Å². The fraction of sp³-hybridized carbons (Fsp3) is 0.750. The number of carboxylic acid groups (broad SMARTS) is 2. The van der Waals surface area contributed by atoms with Crippen LogP contribution in [0.2, 0.25) is 0 Å². The number of carboxylic acids is 2. The first kappa shape index (κ1) is 15.6. The number of ketones is 1. The Balaban J connectivity index is 4.66. The average molecular weight is 244 g/mol. The number of hydrogen-bond donors (Lipinski definition) is 2.